The SMILES string of the molecule is CCCNC(=O)c1ccc(-n2c(-c3ccccc3)cc3c2CC[C@H](C)C3)cc1. The van der Waals surface area contributed by atoms with E-state index in [1.54, 1.807) is 0 Å². The molecule has 1 aromatic heterocycles. The molecular formula is C25H28N2O. The molecule has 3 nitrogen and oxygen atoms in total. The van der Waals surface area contributed by atoms with E-state index in [9.17, 15) is 4.79 Å². The number of fused-ring (bicyclic) bond motifs is 1. The van der Waals surface area contributed by atoms with Gasteiger partial charge in [0.2, 0.25) is 0 Å². The van der Waals surface area contributed by atoms with Gasteiger partial charge in [-0.25, -0.2) is 0 Å². The molecule has 144 valence electrons. The Bertz CT molecular complexity index is 954. The van der Waals surface area contributed by atoms with Crippen LogP contribution in [0.1, 0.15) is 48.3 Å². The molecule has 2 aromatic carbocycles. The van der Waals surface area contributed by atoms with Gasteiger partial charge in [0.15, 0.2) is 0 Å². The highest BCUT2D eigenvalue weighted by Gasteiger charge is 2.23. The first-order valence-electron chi connectivity index (χ1n) is 10.3. The number of rotatable bonds is 5. The van der Waals surface area contributed by atoms with Crippen LogP contribution >= 0.6 is 0 Å². The maximum atomic E-state index is 12.2. The Morgan fingerprint density at radius 3 is 2.57 bits per heavy atom. The molecule has 0 saturated carbocycles. The van der Waals surface area contributed by atoms with Gasteiger partial charge in [-0.2, -0.15) is 0 Å². The van der Waals surface area contributed by atoms with Crippen molar-refractivity contribution < 1.29 is 4.79 Å². The second-order valence-corrected chi connectivity index (χ2v) is 7.85. The van der Waals surface area contributed by atoms with Gasteiger partial charge in [0, 0.05) is 23.5 Å². The van der Waals surface area contributed by atoms with Crippen LogP contribution in [-0.4, -0.2) is 17.0 Å². The van der Waals surface area contributed by atoms with Crippen LogP contribution < -0.4 is 5.32 Å². The minimum atomic E-state index is 0.0000395. The molecule has 4 rings (SSSR count). The zero-order chi connectivity index (χ0) is 19.5. The summed E-state index contributed by atoms with van der Waals surface area (Å²) in [5.41, 5.74) is 7.19. The summed E-state index contributed by atoms with van der Waals surface area (Å²) in [6.45, 7) is 5.11. The predicted octanol–water partition coefficient (Wildman–Crippen LogP) is 5.41. The number of nitrogens with zero attached hydrogens (tertiary/aromatic N) is 1. The quantitative estimate of drug-likeness (QED) is 0.638. The Balaban J connectivity index is 1.75. The standard InChI is InChI=1S/C25H28N2O/c1-3-15-26-25(28)20-10-12-22(13-11-20)27-23-14-9-18(2)16-21(23)17-24(27)19-7-5-4-6-8-19/h4-8,10-13,17-18H,3,9,14-16H2,1-2H3,(H,26,28)/t18-/m0/s1. The summed E-state index contributed by atoms with van der Waals surface area (Å²) in [5.74, 6) is 0.733. The monoisotopic (exact) mass is 372 g/mol. The van der Waals surface area contributed by atoms with E-state index in [1.165, 1.54) is 28.9 Å². The average Bonchev–Trinajstić information content (AvgIpc) is 3.11. The smallest absolute Gasteiger partial charge is 0.251 e. The molecule has 1 atom stereocenters. The molecule has 0 aliphatic heterocycles. The van der Waals surface area contributed by atoms with Crippen molar-refractivity contribution in [2.75, 3.05) is 6.54 Å². The average molecular weight is 373 g/mol. The third-order valence-electron chi connectivity index (χ3n) is 5.63. The number of amides is 1. The van der Waals surface area contributed by atoms with Crippen LogP contribution in [0.2, 0.25) is 0 Å². The van der Waals surface area contributed by atoms with Crippen molar-refractivity contribution >= 4 is 5.91 Å². The van der Waals surface area contributed by atoms with E-state index in [-0.39, 0.29) is 5.91 Å². The molecule has 3 heteroatoms. The number of carbonyl (C=O) groups excluding carboxylic acids is 1. The molecular weight excluding hydrogens is 344 g/mol. The van der Waals surface area contributed by atoms with E-state index < -0.39 is 0 Å². The fourth-order valence-corrected chi connectivity index (χ4v) is 4.13. The maximum absolute atomic E-state index is 12.2. The second-order valence-electron chi connectivity index (χ2n) is 7.85. The Morgan fingerprint density at radius 2 is 1.86 bits per heavy atom. The summed E-state index contributed by atoms with van der Waals surface area (Å²) in [7, 11) is 0. The lowest BCUT2D eigenvalue weighted by molar-refractivity contribution is 0.0953. The summed E-state index contributed by atoms with van der Waals surface area (Å²) in [6.07, 6.45) is 4.41. The van der Waals surface area contributed by atoms with Crippen molar-refractivity contribution in [3.63, 3.8) is 0 Å². The van der Waals surface area contributed by atoms with Gasteiger partial charge in [0.25, 0.3) is 5.91 Å². The third-order valence-corrected chi connectivity index (χ3v) is 5.63. The molecule has 0 fully saturated rings. The summed E-state index contributed by atoms with van der Waals surface area (Å²) in [5, 5.41) is 2.95. The van der Waals surface area contributed by atoms with Crippen LogP contribution in [0, 0.1) is 5.92 Å². The Kier molecular flexibility index (Phi) is 5.34. The molecule has 0 bridgehead atoms. The lowest BCUT2D eigenvalue weighted by atomic mass is 9.89. The van der Waals surface area contributed by atoms with Crippen LogP contribution in [0.25, 0.3) is 16.9 Å². The fourth-order valence-electron chi connectivity index (χ4n) is 4.13. The summed E-state index contributed by atoms with van der Waals surface area (Å²) < 4.78 is 2.39. The lowest BCUT2D eigenvalue weighted by Crippen LogP contribution is -2.23. The van der Waals surface area contributed by atoms with Gasteiger partial charge in [0.05, 0.1) is 5.69 Å². The fraction of sp³-hybridized carbons (Fsp3) is 0.320. The normalized spacial score (nSPS) is 15.9. The van der Waals surface area contributed by atoms with Gasteiger partial charge in [-0.05, 0) is 73.1 Å². The molecule has 0 radical (unpaired) electrons. The van der Waals surface area contributed by atoms with Gasteiger partial charge in [-0.15, -0.1) is 0 Å². The van der Waals surface area contributed by atoms with Crippen molar-refractivity contribution in [1.82, 2.24) is 9.88 Å². The van der Waals surface area contributed by atoms with E-state index in [1.807, 2.05) is 12.1 Å². The van der Waals surface area contributed by atoms with Crippen molar-refractivity contribution in [1.29, 1.82) is 0 Å². The lowest BCUT2D eigenvalue weighted by Gasteiger charge is -2.21. The van der Waals surface area contributed by atoms with Crippen LogP contribution in [0.3, 0.4) is 0 Å². The molecule has 1 aliphatic rings. The topological polar surface area (TPSA) is 34.0 Å². The molecule has 0 unspecified atom stereocenters. The van der Waals surface area contributed by atoms with Gasteiger partial charge in [-0.3, -0.25) is 4.79 Å². The highest BCUT2D eigenvalue weighted by Crippen LogP contribution is 2.35. The van der Waals surface area contributed by atoms with Crippen molar-refractivity contribution in [2.24, 2.45) is 5.92 Å². The number of benzene rings is 2. The van der Waals surface area contributed by atoms with Crippen LogP contribution in [0.5, 0.6) is 0 Å². The zero-order valence-electron chi connectivity index (χ0n) is 16.7. The summed E-state index contributed by atoms with van der Waals surface area (Å²) >= 11 is 0. The predicted molar refractivity (Wildman–Crippen MR) is 115 cm³/mol. The van der Waals surface area contributed by atoms with E-state index in [4.69, 9.17) is 0 Å². The number of aromatic nitrogens is 1. The molecule has 1 aliphatic carbocycles. The van der Waals surface area contributed by atoms with Crippen molar-refractivity contribution in [2.45, 2.75) is 39.5 Å². The van der Waals surface area contributed by atoms with Gasteiger partial charge in [0.1, 0.15) is 0 Å². The van der Waals surface area contributed by atoms with Crippen LogP contribution in [-0.2, 0) is 12.8 Å². The number of hydrogen-bond acceptors (Lipinski definition) is 1. The molecule has 1 N–H and O–H groups in total. The maximum Gasteiger partial charge on any atom is 0.251 e. The molecule has 28 heavy (non-hydrogen) atoms. The molecule has 1 heterocycles. The highest BCUT2D eigenvalue weighted by atomic mass is 16.1. The Morgan fingerprint density at radius 1 is 1.11 bits per heavy atom. The number of carbonyl (C=O) groups is 1. The third kappa shape index (κ3) is 3.62. The first-order valence-corrected chi connectivity index (χ1v) is 10.3. The minimum absolute atomic E-state index is 0.0000395. The number of nitrogens with one attached hydrogen (secondary N) is 1. The highest BCUT2D eigenvalue weighted by molar-refractivity contribution is 5.94. The summed E-state index contributed by atoms with van der Waals surface area (Å²) in [4.78, 5) is 12.2. The number of hydrogen-bond donors (Lipinski definition) is 1. The minimum Gasteiger partial charge on any atom is -0.352 e. The zero-order valence-corrected chi connectivity index (χ0v) is 16.7. The van der Waals surface area contributed by atoms with E-state index in [2.05, 4.69) is 72.3 Å². The Labute approximate surface area is 167 Å². The van der Waals surface area contributed by atoms with Gasteiger partial charge in [-0.1, -0.05) is 44.2 Å². The molecule has 3 aromatic rings. The van der Waals surface area contributed by atoms with Crippen LogP contribution in [0.4, 0.5) is 0 Å². The Hall–Kier alpha value is -2.81. The summed E-state index contributed by atoms with van der Waals surface area (Å²) in [6, 6.07) is 21.0. The molecule has 0 saturated heterocycles. The van der Waals surface area contributed by atoms with E-state index in [0.717, 1.165) is 30.9 Å². The van der Waals surface area contributed by atoms with Crippen LogP contribution in [0.15, 0.2) is 60.7 Å². The van der Waals surface area contributed by atoms with Crippen molar-refractivity contribution in [3.05, 3.63) is 77.5 Å². The first kappa shape index (κ1) is 18.5. The molecule has 0 spiro atoms. The molecule has 1 amide bonds. The van der Waals surface area contributed by atoms with E-state index >= 15 is 0 Å². The van der Waals surface area contributed by atoms with E-state index in [0.29, 0.717) is 12.1 Å². The van der Waals surface area contributed by atoms with Gasteiger partial charge < -0.3 is 9.88 Å². The van der Waals surface area contributed by atoms with Gasteiger partial charge >= 0.3 is 0 Å². The van der Waals surface area contributed by atoms with Crippen molar-refractivity contribution in [3.8, 4) is 16.9 Å². The second kappa shape index (κ2) is 8.05. The largest absolute Gasteiger partial charge is 0.352 e. The first-order chi connectivity index (χ1) is 13.7.